The Morgan fingerprint density at radius 3 is 2.76 bits per heavy atom. The molecule has 3 aliphatic rings. The second kappa shape index (κ2) is 5.40. The molecule has 4 rings (SSSR count). The molecule has 1 saturated heterocycles. The molecule has 1 heterocycles. The maximum absolute atomic E-state index is 3.90. The van der Waals surface area contributed by atoms with E-state index in [0.29, 0.717) is 5.54 Å². The summed E-state index contributed by atoms with van der Waals surface area (Å²) in [6.07, 6.45) is 8.51. The summed E-state index contributed by atoms with van der Waals surface area (Å²) in [7, 11) is 0. The summed E-state index contributed by atoms with van der Waals surface area (Å²) >= 11 is 0. The molecular weight excluding hydrogens is 256 g/mol. The lowest BCUT2D eigenvalue weighted by molar-refractivity contribution is 0.0311. The van der Waals surface area contributed by atoms with Crippen LogP contribution in [0, 0.1) is 12.8 Å². The molecule has 1 N–H and O–H groups in total. The Labute approximate surface area is 128 Å². The van der Waals surface area contributed by atoms with Crippen LogP contribution in [0.15, 0.2) is 24.3 Å². The molecule has 1 aliphatic heterocycles. The highest BCUT2D eigenvalue weighted by molar-refractivity contribution is 5.23. The van der Waals surface area contributed by atoms with E-state index in [4.69, 9.17) is 0 Å². The number of nitrogens with one attached hydrogen (secondary N) is 1. The van der Waals surface area contributed by atoms with Crippen molar-refractivity contribution in [1.29, 1.82) is 0 Å². The molecule has 2 saturated carbocycles. The van der Waals surface area contributed by atoms with E-state index in [-0.39, 0.29) is 0 Å². The van der Waals surface area contributed by atoms with Crippen LogP contribution in [0.2, 0.25) is 0 Å². The van der Waals surface area contributed by atoms with Gasteiger partial charge in [0.25, 0.3) is 0 Å². The molecule has 0 aromatic heterocycles. The van der Waals surface area contributed by atoms with Crippen LogP contribution in [0.4, 0.5) is 0 Å². The molecule has 1 atom stereocenters. The van der Waals surface area contributed by atoms with E-state index in [0.717, 1.165) is 18.5 Å². The first kappa shape index (κ1) is 13.8. The van der Waals surface area contributed by atoms with Gasteiger partial charge >= 0.3 is 0 Å². The lowest BCUT2D eigenvalue weighted by Crippen LogP contribution is -2.63. The fourth-order valence-corrected chi connectivity index (χ4v) is 4.53. The predicted molar refractivity (Wildman–Crippen MR) is 87.3 cm³/mol. The van der Waals surface area contributed by atoms with Crippen molar-refractivity contribution in [2.24, 2.45) is 5.92 Å². The summed E-state index contributed by atoms with van der Waals surface area (Å²) in [6, 6.07) is 9.85. The maximum atomic E-state index is 3.90. The van der Waals surface area contributed by atoms with Crippen LogP contribution in [0.25, 0.3) is 0 Å². The van der Waals surface area contributed by atoms with Crippen LogP contribution < -0.4 is 5.32 Å². The maximum Gasteiger partial charge on any atom is 0.0338 e. The lowest BCUT2D eigenvalue weighted by Gasteiger charge is -2.48. The number of aryl methyl sites for hydroxylation is 1. The highest BCUT2D eigenvalue weighted by Gasteiger charge is 2.46. The van der Waals surface area contributed by atoms with Crippen molar-refractivity contribution >= 4 is 0 Å². The molecule has 0 bridgehead atoms. The molecule has 114 valence electrons. The normalized spacial score (nSPS) is 29.1. The monoisotopic (exact) mass is 284 g/mol. The molecule has 3 fully saturated rings. The number of nitrogens with zero attached hydrogens (tertiary/aromatic N) is 1. The first-order chi connectivity index (χ1) is 10.3. The van der Waals surface area contributed by atoms with Crippen molar-refractivity contribution in [2.75, 3.05) is 13.1 Å². The number of benzene rings is 1. The van der Waals surface area contributed by atoms with Gasteiger partial charge in [0.2, 0.25) is 0 Å². The fourth-order valence-electron chi connectivity index (χ4n) is 4.53. The van der Waals surface area contributed by atoms with Gasteiger partial charge in [-0.2, -0.15) is 0 Å². The molecular formula is C19H28N2. The number of piperazine rings is 1. The Hall–Kier alpha value is -0.860. The van der Waals surface area contributed by atoms with Gasteiger partial charge in [0.05, 0.1) is 0 Å². The van der Waals surface area contributed by atoms with E-state index in [1.54, 1.807) is 0 Å². The smallest absolute Gasteiger partial charge is 0.0338 e. The van der Waals surface area contributed by atoms with Gasteiger partial charge < -0.3 is 5.32 Å². The fraction of sp³-hybridized carbons (Fsp3) is 0.684. The minimum Gasteiger partial charge on any atom is -0.311 e. The van der Waals surface area contributed by atoms with E-state index in [9.17, 15) is 0 Å². The molecule has 2 nitrogen and oxygen atoms in total. The van der Waals surface area contributed by atoms with Crippen molar-refractivity contribution in [2.45, 2.75) is 63.6 Å². The van der Waals surface area contributed by atoms with Gasteiger partial charge in [-0.15, -0.1) is 0 Å². The summed E-state index contributed by atoms with van der Waals surface area (Å²) in [6.45, 7) is 5.84. The van der Waals surface area contributed by atoms with Gasteiger partial charge in [0.1, 0.15) is 0 Å². The van der Waals surface area contributed by atoms with Crippen LogP contribution in [0.3, 0.4) is 0 Å². The quantitative estimate of drug-likeness (QED) is 0.914. The van der Waals surface area contributed by atoms with Crippen LogP contribution >= 0.6 is 0 Å². The Bertz CT molecular complexity index is 500. The molecule has 0 amide bonds. The summed E-state index contributed by atoms with van der Waals surface area (Å²) in [5, 5.41) is 3.90. The summed E-state index contributed by atoms with van der Waals surface area (Å²) < 4.78 is 0. The number of hydrogen-bond donors (Lipinski definition) is 1. The average Bonchev–Trinajstić information content (AvgIpc) is 3.22. The van der Waals surface area contributed by atoms with Crippen LogP contribution in [-0.2, 0) is 6.54 Å². The van der Waals surface area contributed by atoms with Crippen LogP contribution in [0.1, 0.15) is 49.7 Å². The molecule has 2 heteroatoms. The zero-order valence-electron chi connectivity index (χ0n) is 13.3. The zero-order chi connectivity index (χ0) is 14.3. The average molecular weight is 284 g/mol. The van der Waals surface area contributed by atoms with Crippen molar-refractivity contribution in [3.63, 3.8) is 0 Å². The third kappa shape index (κ3) is 2.76. The first-order valence-corrected chi connectivity index (χ1v) is 8.79. The van der Waals surface area contributed by atoms with E-state index in [1.165, 1.54) is 62.7 Å². The third-order valence-electron chi connectivity index (χ3n) is 5.96. The highest BCUT2D eigenvalue weighted by atomic mass is 15.3. The molecule has 1 aromatic rings. The SMILES string of the molecule is Cc1cccc(CN2CC(C3CC3)NCC23CCCC3)c1. The zero-order valence-corrected chi connectivity index (χ0v) is 13.3. The van der Waals surface area contributed by atoms with Gasteiger partial charge in [0.15, 0.2) is 0 Å². The van der Waals surface area contributed by atoms with Gasteiger partial charge in [-0.25, -0.2) is 0 Å². The van der Waals surface area contributed by atoms with Crippen LogP contribution in [0.5, 0.6) is 0 Å². The van der Waals surface area contributed by atoms with Gasteiger partial charge in [0, 0.05) is 31.2 Å². The van der Waals surface area contributed by atoms with Crippen molar-refractivity contribution in [3.05, 3.63) is 35.4 Å². The first-order valence-electron chi connectivity index (χ1n) is 8.79. The van der Waals surface area contributed by atoms with Crippen molar-refractivity contribution in [1.82, 2.24) is 10.2 Å². The molecule has 1 spiro atoms. The molecule has 0 radical (unpaired) electrons. The standard InChI is InChI=1S/C19H28N2/c1-15-5-4-6-16(11-15)12-21-13-18(17-7-8-17)20-14-19(21)9-2-3-10-19/h4-6,11,17-18,20H,2-3,7-10,12-14H2,1H3. The molecule has 2 aliphatic carbocycles. The van der Waals surface area contributed by atoms with Gasteiger partial charge in [-0.1, -0.05) is 42.7 Å². The second-order valence-corrected chi connectivity index (χ2v) is 7.63. The van der Waals surface area contributed by atoms with Crippen LogP contribution in [-0.4, -0.2) is 29.6 Å². The minimum atomic E-state index is 0.454. The largest absolute Gasteiger partial charge is 0.311 e. The Kier molecular flexibility index (Phi) is 3.55. The summed E-state index contributed by atoms with van der Waals surface area (Å²) in [5.74, 6) is 0.962. The number of rotatable bonds is 3. The third-order valence-corrected chi connectivity index (χ3v) is 5.96. The lowest BCUT2D eigenvalue weighted by atomic mass is 9.89. The predicted octanol–water partition coefficient (Wildman–Crippen LogP) is 3.49. The highest BCUT2D eigenvalue weighted by Crippen LogP contribution is 2.41. The Morgan fingerprint density at radius 2 is 2.05 bits per heavy atom. The van der Waals surface area contributed by atoms with E-state index in [1.807, 2.05) is 0 Å². The topological polar surface area (TPSA) is 15.3 Å². The molecule has 1 aromatic carbocycles. The Morgan fingerprint density at radius 1 is 1.24 bits per heavy atom. The molecule has 21 heavy (non-hydrogen) atoms. The minimum absolute atomic E-state index is 0.454. The Balaban J connectivity index is 1.54. The van der Waals surface area contributed by atoms with E-state index >= 15 is 0 Å². The summed E-state index contributed by atoms with van der Waals surface area (Å²) in [4.78, 5) is 2.84. The van der Waals surface area contributed by atoms with Crippen molar-refractivity contribution < 1.29 is 0 Å². The van der Waals surface area contributed by atoms with E-state index in [2.05, 4.69) is 41.4 Å². The van der Waals surface area contributed by atoms with E-state index < -0.39 is 0 Å². The molecule has 1 unspecified atom stereocenters. The van der Waals surface area contributed by atoms with Crippen molar-refractivity contribution in [3.8, 4) is 0 Å². The van der Waals surface area contributed by atoms with Gasteiger partial charge in [-0.05, 0) is 44.1 Å². The van der Waals surface area contributed by atoms with Gasteiger partial charge in [-0.3, -0.25) is 4.90 Å². The summed E-state index contributed by atoms with van der Waals surface area (Å²) in [5.41, 5.74) is 3.34. The second-order valence-electron chi connectivity index (χ2n) is 7.63. The number of hydrogen-bond acceptors (Lipinski definition) is 2.